The molecular weight excluding hydrogens is 448 g/mol. The lowest BCUT2D eigenvalue weighted by atomic mass is 9.85. The molecule has 1 fully saturated rings. The molecule has 8 heteroatoms. The number of rotatable bonds is 6. The van der Waals surface area contributed by atoms with Gasteiger partial charge in [0.05, 0.1) is 11.4 Å². The highest BCUT2D eigenvalue weighted by molar-refractivity contribution is 6.30. The lowest BCUT2D eigenvalue weighted by Gasteiger charge is -2.39. The minimum Gasteiger partial charge on any atom is -0.356 e. The number of anilines is 1. The van der Waals surface area contributed by atoms with Crippen molar-refractivity contribution in [2.75, 3.05) is 18.0 Å². The number of aromatic nitrogens is 3. The number of benzene rings is 2. The highest BCUT2D eigenvalue weighted by Crippen LogP contribution is 2.30. The summed E-state index contributed by atoms with van der Waals surface area (Å²) in [5.41, 5.74) is 8.97. The van der Waals surface area contributed by atoms with Gasteiger partial charge in [0.2, 0.25) is 5.91 Å². The Balaban J connectivity index is 1.27. The Kier molecular flexibility index (Phi) is 6.22. The smallest absolute Gasteiger partial charge is 0.222 e. The van der Waals surface area contributed by atoms with Gasteiger partial charge >= 0.3 is 0 Å². The molecule has 0 aliphatic carbocycles. The van der Waals surface area contributed by atoms with Gasteiger partial charge in [0.1, 0.15) is 17.8 Å². The van der Waals surface area contributed by atoms with Crippen LogP contribution in [0.15, 0.2) is 73.2 Å². The van der Waals surface area contributed by atoms with Crippen molar-refractivity contribution in [2.45, 2.75) is 30.8 Å². The van der Waals surface area contributed by atoms with E-state index < -0.39 is 5.54 Å². The van der Waals surface area contributed by atoms with E-state index in [0.717, 1.165) is 41.1 Å². The number of nitrogens with one attached hydrogen (secondary N) is 2. The van der Waals surface area contributed by atoms with E-state index in [1.54, 1.807) is 6.33 Å². The quantitative estimate of drug-likeness (QED) is 0.389. The van der Waals surface area contributed by atoms with Gasteiger partial charge in [0.25, 0.3) is 0 Å². The van der Waals surface area contributed by atoms with Gasteiger partial charge in [-0.1, -0.05) is 54.1 Å². The minimum atomic E-state index is -0.563. The van der Waals surface area contributed by atoms with Gasteiger partial charge in [-0.2, -0.15) is 0 Å². The molecule has 3 heterocycles. The Morgan fingerprint density at radius 1 is 1.06 bits per heavy atom. The Labute approximate surface area is 203 Å². The fourth-order valence-electron chi connectivity index (χ4n) is 4.64. The average Bonchev–Trinajstić information content (AvgIpc) is 3.33. The number of aromatic amines is 1. The first-order chi connectivity index (χ1) is 16.5. The van der Waals surface area contributed by atoms with Crippen molar-refractivity contribution in [3.8, 4) is 0 Å². The fraction of sp³-hybridized carbons (Fsp3) is 0.269. The van der Waals surface area contributed by atoms with E-state index in [9.17, 15) is 4.79 Å². The SMILES string of the molecule is NC1(CC(=O)NC(c2ccccc2)c2ccc(Cl)cc2)CCN(c2ncnc3[nH]ccc23)CC1. The van der Waals surface area contributed by atoms with E-state index in [0.29, 0.717) is 17.9 Å². The lowest BCUT2D eigenvalue weighted by molar-refractivity contribution is -0.123. The van der Waals surface area contributed by atoms with Gasteiger partial charge < -0.3 is 20.9 Å². The van der Waals surface area contributed by atoms with Crippen molar-refractivity contribution in [2.24, 2.45) is 5.73 Å². The van der Waals surface area contributed by atoms with E-state index in [2.05, 4.69) is 25.2 Å². The molecule has 34 heavy (non-hydrogen) atoms. The average molecular weight is 475 g/mol. The lowest BCUT2D eigenvalue weighted by Crippen LogP contribution is -2.53. The number of fused-ring (bicyclic) bond motifs is 1. The Hall–Kier alpha value is -3.42. The summed E-state index contributed by atoms with van der Waals surface area (Å²) >= 11 is 6.08. The Morgan fingerprint density at radius 3 is 2.50 bits per heavy atom. The van der Waals surface area contributed by atoms with Crippen molar-refractivity contribution in [3.05, 3.63) is 89.3 Å². The zero-order chi connectivity index (χ0) is 23.5. The Morgan fingerprint density at radius 2 is 1.76 bits per heavy atom. The first-order valence-corrected chi connectivity index (χ1v) is 11.8. The number of amides is 1. The summed E-state index contributed by atoms with van der Waals surface area (Å²) < 4.78 is 0. The maximum atomic E-state index is 13.2. The normalized spacial score (nSPS) is 16.4. The van der Waals surface area contributed by atoms with Crippen molar-refractivity contribution in [3.63, 3.8) is 0 Å². The van der Waals surface area contributed by atoms with Gasteiger partial charge in [-0.25, -0.2) is 9.97 Å². The van der Waals surface area contributed by atoms with Crippen molar-refractivity contribution in [1.29, 1.82) is 0 Å². The van der Waals surface area contributed by atoms with E-state index in [4.69, 9.17) is 17.3 Å². The van der Waals surface area contributed by atoms with Crippen molar-refractivity contribution >= 4 is 34.4 Å². The van der Waals surface area contributed by atoms with E-state index >= 15 is 0 Å². The van der Waals surface area contributed by atoms with Crippen LogP contribution in [-0.4, -0.2) is 39.5 Å². The molecule has 4 aromatic rings. The molecule has 1 amide bonds. The second kappa shape index (κ2) is 9.44. The van der Waals surface area contributed by atoms with Crippen molar-refractivity contribution < 1.29 is 4.79 Å². The molecule has 4 N–H and O–H groups in total. The van der Waals surface area contributed by atoms with Crippen LogP contribution in [-0.2, 0) is 4.79 Å². The summed E-state index contributed by atoms with van der Waals surface area (Å²) in [6, 6.07) is 19.2. The fourth-order valence-corrected chi connectivity index (χ4v) is 4.77. The number of nitrogens with zero attached hydrogens (tertiary/aromatic N) is 3. The number of piperidine rings is 1. The molecule has 0 spiro atoms. The number of halogens is 1. The molecule has 2 aromatic heterocycles. The van der Waals surface area contributed by atoms with Crippen LogP contribution in [0.25, 0.3) is 11.0 Å². The van der Waals surface area contributed by atoms with Crippen LogP contribution in [0.2, 0.25) is 5.02 Å². The second-order valence-electron chi connectivity index (χ2n) is 8.93. The molecule has 1 unspecified atom stereocenters. The highest BCUT2D eigenvalue weighted by Gasteiger charge is 2.34. The standard InChI is InChI=1S/C26H27ClN6O/c27-20-8-6-19(7-9-20)23(18-4-2-1-3-5-18)32-22(34)16-26(28)11-14-33(15-12-26)25-21-10-13-29-24(21)30-17-31-25/h1-10,13,17,23H,11-12,14-16,28H2,(H,32,34)(H,29,30,31). The first kappa shape index (κ1) is 22.4. The number of carbonyl (C=O) groups is 1. The third-order valence-corrected chi connectivity index (χ3v) is 6.80. The molecule has 0 saturated carbocycles. The number of nitrogens with two attached hydrogens (primary N) is 1. The molecule has 2 aromatic carbocycles. The summed E-state index contributed by atoms with van der Waals surface area (Å²) in [4.78, 5) is 27.3. The van der Waals surface area contributed by atoms with Crippen LogP contribution < -0.4 is 16.0 Å². The molecule has 1 atom stereocenters. The van der Waals surface area contributed by atoms with Crippen molar-refractivity contribution in [1.82, 2.24) is 20.3 Å². The second-order valence-corrected chi connectivity index (χ2v) is 9.36. The first-order valence-electron chi connectivity index (χ1n) is 11.4. The van der Waals surface area contributed by atoms with Crippen LogP contribution in [0.4, 0.5) is 5.82 Å². The third kappa shape index (κ3) is 4.76. The predicted octanol–water partition coefficient (Wildman–Crippen LogP) is 4.20. The predicted molar refractivity (Wildman–Crippen MR) is 135 cm³/mol. The third-order valence-electron chi connectivity index (χ3n) is 6.55. The molecular formula is C26H27ClN6O. The van der Waals surface area contributed by atoms with Crippen LogP contribution in [0, 0.1) is 0 Å². The van der Waals surface area contributed by atoms with E-state index in [1.807, 2.05) is 66.9 Å². The molecule has 1 aliphatic rings. The molecule has 0 bridgehead atoms. The van der Waals surface area contributed by atoms with Crippen LogP contribution in [0.1, 0.15) is 36.4 Å². The molecule has 5 rings (SSSR count). The summed E-state index contributed by atoms with van der Waals surface area (Å²) in [6.07, 6.45) is 5.11. The van der Waals surface area contributed by atoms with Gasteiger partial charge in [-0.3, -0.25) is 4.79 Å². The van der Waals surface area contributed by atoms with E-state index in [-0.39, 0.29) is 18.4 Å². The van der Waals surface area contributed by atoms with E-state index in [1.165, 1.54) is 0 Å². The zero-order valence-corrected chi connectivity index (χ0v) is 19.5. The number of hydrogen-bond acceptors (Lipinski definition) is 5. The minimum absolute atomic E-state index is 0.0604. The molecule has 1 saturated heterocycles. The maximum absolute atomic E-state index is 13.2. The van der Waals surface area contributed by atoms with Gasteiger partial charge in [-0.15, -0.1) is 0 Å². The Bertz CT molecular complexity index is 1270. The summed E-state index contributed by atoms with van der Waals surface area (Å²) in [6.45, 7) is 1.47. The molecule has 7 nitrogen and oxygen atoms in total. The van der Waals surface area contributed by atoms with Crippen LogP contribution in [0.5, 0.6) is 0 Å². The summed E-state index contributed by atoms with van der Waals surface area (Å²) in [5, 5.41) is 4.87. The van der Waals surface area contributed by atoms with Crippen LogP contribution >= 0.6 is 11.6 Å². The summed E-state index contributed by atoms with van der Waals surface area (Å²) in [5.74, 6) is 0.847. The molecule has 0 radical (unpaired) electrons. The van der Waals surface area contributed by atoms with Gasteiger partial charge in [0.15, 0.2) is 0 Å². The van der Waals surface area contributed by atoms with Gasteiger partial charge in [0, 0.05) is 36.3 Å². The largest absolute Gasteiger partial charge is 0.356 e. The maximum Gasteiger partial charge on any atom is 0.222 e. The number of H-pyrrole nitrogens is 1. The summed E-state index contributed by atoms with van der Waals surface area (Å²) in [7, 11) is 0. The topological polar surface area (TPSA) is 99.9 Å². The highest BCUT2D eigenvalue weighted by atomic mass is 35.5. The van der Waals surface area contributed by atoms with Gasteiger partial charge in [-0.05, 0) is 42.2 Å². The monoisotopic (exact) mass is 474 g/mol. The molecule has 1 aliphatic heterocycles. The molecule has 174 valence electrons. The zero-order valence-electron chi connectivity index (χ0n) is 18.7. The number of hydrogen-bond donors (Lipinski definition) is 3. The number of carbonyl (C=O) groups excluding carboxylic acids is 1. The van der Waals surface area contributed by atoms with Crippen LogP contribution in [0.3, 0.4) is 0 Å².